The van der Waals surface area contributed by atoms with E-state index < -0.39 is 0 Å². The van der Waals surface area contributed by atoms with Crippen LogP contribution in [-0.4, -0.2) is 12.4 Å². The zero-order valence-electron chi connectivity index (χ0n) is 13.6. The Balaban J connectivity index is 2.93. The Morgan fingerprint density at radius 1 is 1.20 bits per heavy atom. The van der Waals surface area contributed by atoms with Gasteiger partial charge in [-0.3, -0.25) is 0 Å². The fourth-order valence-electron chi connectivity index (χ4n) is 2.58. The van der Waals surface area contributed by atoms with Crippen molar-refractivity contribution in [2.45, 2.75) is 66.2 Å². The van der Waals surface area contributed by atoms with Gasteiger partial charge in [-0.1, -0.05) is 19.9 Å². The summed E-state index contributed by atoms with van der Waals surface area (Å²) in [7, 11) is 0. The molecule has 1 rings (SSSR count). The lowest BCUT2D eigenvalue weighted by Crippen LogP contribution is -2.05. The Hall–Kier alpha value is -1.31. The van der Waals surface area contributed by atoms with Crippen LogP contribution in [0.15, 0.2) is 12.1 Å². The van der Waals surface area contributed by atoms with E-state index in [2.05, 4.69) is 39.8 Å². The summed E-state index contributed by atoms with van der Waals surface area (Å²) < 4.78 is 5.78. The normalized spacial score (nSPS) is 12.2. The third kappa shape index (κ3) is 4.66. The Labute approximate surface area is 123 Å². The second-order valence-corrected chi connectivity index (χ2v) is 5.67. The van der Waals surface area contributed by atoms with E-state index in [0.29, 0.717) is 12.3 Å². The molecule has 0 bridgehead atoms. The average molecular weight is 276 g/mol. The number of rotatable bonds is 8. The van der Waals surface area contributed by atoms with Crippen LogP contribution >= 0.6 is 0 Å². The lowest BCUT2D eigenvalue weighted by atomic mass is 9.87. The minimum Gasteiger partial charge on any atom is -0.493 e. The van der Waals surface area contributed by atoms with Crippen molar-refractivity contribution in [2.75, 3.05) is 6.61 Å². The number of carbonyl (C=O) groups excluding carboxylic acids is 1. The summed E-state index contributed by atoms with van der Waals surface area (Å²) in [5.41, 5.74) is 3.84. The van der Waals surface area contributed by atoms with Gasteiger partial charge in [0.15, 0.2) is 0 Å². The largest absolute Gasteiger partial charge is 0.493 e. The molecule has 0 N–H and O–H groups in total. The lowest BCUT2D eigenvalue weighted by molar-refractivity contribution is -0.117. The molecular formula is C18H28O2. The molecule has 1 aromatic rings. The molecular weight excluding hydrogens is 248 g/mol. The van der Waals surface area contributed by atoms with E-state index in [0.717, 1.165) is 31.6 Å². The first-order valence-electron chi connectivity index (χ1n) is 7.72. The number of hydrogen-bond donors (Lipinski definition) is 0. The van der Waals surface area contributed by atoms with E-state index in [1.54, 1.807) is 6.92 Å². The Bertz CT molecular complexity index is 449. The van der Waals surface area contributed by atoms with E-state index >= 15 is 0 Å². The van der Waals surface area contributed by atoms with E-state index in [4.69, 9.17) is 4.74 Å². The number of ketones is 1. The van der Waals surface area contributed by atoms with Crippen molar-refractivity contribution < 1.29 is 9.53 Å². The third-order valence-corrected chi connectivity index (χ3v) is 3.80. The molecule has 0 aliphatic heterocycles. The molecule has 2 heteroatoms. The van der Waals surface area contributed by atoms with Gasteiger partial charge >= 0.3 is 0 Å². The smallest absolute Gasteiger partial charge is 0.129 e. The number of benzene rings is 1. The molecule has 0 aliphatic rings. The van der Waals surface area contributed by atoms with Crippen LogP contribution in [0.25, 0.3) is 0 Å². The lowest BCUT2D eigenvalue weighted by Gasteiger charge is -2.20. The van der Waals surface area contributed by atoms with E-state index in [-0.39, 0.29) is 5.78 Å². The van der Waals surface area contributed by atoms with Crippen molar-refractivity contribution >= 4 is 5.78 Å². The second-order valence-electron chi connectivity index (χ2n) is 5.67. The summed E-state index contributed by atoms with van der Waals surface area (Å²) in [6.07, 6.45) is 3.71. The van der Waals surface area contributed by atoms with Gasteiger partial charge in [0.25, 0.3) is 0 Å². The summed E-state index contributed by atoms with van der Waals surface area (Å²) in [6, 6.07) is 4.39. The highest BCUT2D eigenvalue weighted by Gasteiger charge is 2.15. The summed E-state index contributed by atoms with van der Waals surface area (Å²) in [4.78, 5) is 11.2. The zero-order valence-corrected chi connectivity index (χ0v) is 13.6. The number of hydrogen-bond acceptors (Lipinski definition) is 2. The predicted octanol–water partition coefficient (Wildman–Crippen LogP) is 4.96. The van der Waals surface area contributed by atoms with Gasteiger partial charge in [-0.15, -0.1) is 0 Å². The maximum absolute atomic E-state index is 11.2. The number of carbonyl (C=O) groups is 1. The van der Waals surface area contributed by atoms with E-state index in [1.807, 2.05) is 0 Å². The maximum atomic E-state index is 11.2. The molecule has 1 atom stereocenters. The Morgan fingerprint density at radius 2 is 1.90 bits per heavy atom. The van der Waals surface area contributed by atoms with Gasteiger partial charge < -0.3 is 9.53 Å². The molecule has 0 saturated heterocycles. The van der Waals surface area contributed by atoms with Crippen LogP contribution in [0, 0.1) is 13.8 Å². The van der Waals surface area contributed by atoms with Crippen molar-refractivity contribution in [3.63, 3.8) is 0 Å². The van der Waals surface area contributed by atoms with Gasteiger partial charge in [0, 0.05) is 6.42 Å². The van der Waals surface area contributed by atoms with E-state index in [1.165, 1.54) is 16.7 Å². The quantitative estimate of drug-likeness (QED) is 0.671. The minimum atomic E-state index is 0.278. The molecule has 1 unspecified atom stereocenters. The minimum absolute atomic E-state index is 0.278. The molecule has 1 aromatic carbocycles. The Morgan fingerprint density at radius 3 is 2.45 bits per heavy atom. The summed E-state index contributed by atoms with van der Waals surface area (Å²) in [5.74, 6) is 1.74. The van der Waals surface area contributed by atoms with Gasteiger partial charge in [-0.2, -0.15) is 0 Å². The van der Waals surface area contributed by atoms with Crippen molar-refractivity contribution in [3.8, 4) is 5.75 Å². The molecule has 20 heavy (non-hydrogen) atoms. The molecule has 0 spiro atoms. The van der Waals surface area contributed by atoms with Gasteiger partial charge in [0.2, 0.25) is 0 Å². The predicted molar refractivity (Wildman–Crippen MR) is 84.6 cm³/mol. The fourth-order valence-corrected chi connectivity index (χ4v) is 2.58. The molecule has 0 heterocycles. The van der Waals surface area contributed by atoms with Crippen molar-refractivity contribution in [2.24, 2.45) is 0 Å². The van der Waals surface area contributed by atoms with Crippen molar-refractivity contribution in [1.29, 1.82) is 0 Å². The first kappa shape index (κ1) is 16.7. The zero-order chi connectivity index (χ0) is 15.1. The van der Waals surface area contributed by atoms with Crippen LogP contribution in [0.1, 0.15) is 69.1 Å². The van der Waals surface area contributed by atoms with Gasteiger partial charge in [-0.25, -0.2) is 0 Å². The fraction of sp³-hybridized carbons (Fsp3) is 0.611. The number of Topliss-reactive ketones (excluding diaryl/α,β-unsaturated/α-hetero) is 1. The third-order valence-electron chi connectivity index (χ3n) is 3.80. The molecule has 112 valence electrons. The van der Waals surface area contributed by atoms with Crippen LogP contribution in [0.2, 0.25) is 0 Å². The molecule has 0 fully saturated rings. The average Bonchev–Trinajstić information content (AvgIpc) is 2.40. The standard InChI is InChI=1S/C18H28O2/c1-6-10-20-18-12-13(3)17(11-14(18)4)16(7-2)9-8-15(5)19/h11-12,16H,6-10H2,1-5H3. The van der Waals surface area contributed by atoms with Gasteiger partial charge in [-0.05, 0) is 68.7 Å². The first-order chi connectivity index (χ1) is 9.49. The Kier molecular flexibility index (Phi) is 6.77. The molecule has 2 nitrogen and oxygen atoms in total. The van der Waals surface area contributed by atoms with Gasteiger partial charge in [0.05, 0.1) is 6.61 Å². The van der Waals surface area contributed by atoms with Crippen molar-refractivity contribution in [3.05, 3.63) is 28.8 Å². The maximum Gasteiger partial charge on any atom is 0.129 e. The summed E-state index contributed by atoms with van der Waals surface area (Å²) in [6.45, 7) is 11.0. The molecule has 0 saturated carbocycles. The van der Waals surface area contributed by atoms with Crippen LogP contribution in [0.5, 0.6) is 5.75 Å². The summed E-state index contributed by atoms with van der Waals surface area (Å²) >= 11 is 0. The van der Waals surface area contributed by atoms with Crippen LogP contribution in [-0.2, 0) is 4.79 Å². The first-order valence-corrected chi connectivity index (χ1v) is 7.72. The van der Waals surface area contributed by atoms with Crippen molar-refractivity contribution in [1.82, 2.24) is 0 Å². The van der Waals surface area contributed by atoms with Gasteiger partial charge in [0.1, 0.15) is 11.5 Å². The number of aryl methyl sites for hydroxylation is 2. The SMILES string of the molecule is CCCOc1cc(C)c(C(CC)CCC(C)=O)cc1C. The molecule has 0 aromatic heterocycles. The van der Waals surface area contributed by atoms with Crippen LogP contribution in [0.4, 0.5) is 0 Å². The summed E-state index contributed by atoms with van der Waals surface area (Å²) in [5, 5.41) is 0. The highest BCUT2D eigenvalue weighted by molar-refractivity contribution is 5.75. The second kappa shape index (κ2) is 8.08. The number of ether oxygens (including phenoxy) is 1. The topological polar surface area (TPSA) is 26.3 Å². The molecule has 0 radical (unpaired) electrons. The van der Waals surface area contributed by atoms with Crippen LogP contribution < -0.4 is 4.74 Å². The monoisotopic (exact) mass is 276 g/mol. The van der Waals surface area contributed by atoms with E-state index in [9.17, 15) is 4.79 Å². The molecule has 0 amide bonds. The molecule has 0 aliphatic carbocycles. The highest BCUT2D eigenvalue weighted by Crippen LogP contribution is 2.32. The highest BCUT2D eigenvalue weighted by atomic mass is 16.5. The van der Waals surface area contributed by atoms with Crippen LogP contribution in [0.3, 0.4) is 0 Å².